The molecule has 1 aliphatic heterocycles. The molecule has 0 amide bonds. The molecule has 0 saturated carbocycles. The van der Waals surface area contributed by atoms with Gasteiger partial charge in [0.2, 0.25) is 0 Å². The average molecular weight is 357 g/mol. The lowest BCUT2D eigenvalue weighted by Gasteiger charge is -2.36. The quantitative estimate of drug-likeness (QED) is 0.561. The number of aromatic nitrogens is 5. The number of imidazole rings is 1. The smallest absolute Gasteiger partial charge is 0.147 e. The second-order valence-corrected chi connectivity index (χ2v) is 6.51. The molecule has 27 heavy (non-hydrogen) atoms. The first-order valence-electron chi connectivity index (χ1n) is 9.04. The number of para-hydroxylation sites is 2. The van der Waals surface area contributed by atoms with Crippen LogP contribution >= 0.6 is 0 Å². The predicted octanol–water partition coefficient (Wildman–Crippen LogP) is 2.54. The largest absolute Gasteiger partial charge is 0.353 e. The summed E-state index contributed by atoms with van der Waals surface area (Å²) in [6.45, 7) is 3.58. The Morgan fingerprint density at radius 2 is 1.44 bits per heavy atom. The van der Waals surface area contributed by atoms with E-state index in [9.17, 15) is 0 Å². The summed E-state index contributed by atoms with van der Waals surface area (Å²) >= 11 is 0. The van der Waals surface area contributed by atoms with Crippen LogP contribution in [0.3, 0.4) is 0 Å². The Bertz CT molecular complexity index is 1050. The van der Waals surface area contributed by atoms with Crippen molar-refractivity contribution in [1.29, 1.82) is 0 Å². The minimum absolute atomic E-state index is 0.882. The van der Waals surface area contributed by atoms with Gasteiger partial charge in [0.05, 0.1) is 17.2 Å². The second kappa shape index (κ2) is 6.68. The van der Waals surface area contributed by atoms with Gasteiger partial charge in [-0.2, -0.15) is 0 Å². The number of benzene rings is 1. The number of hydrogen-bond donors (Lipinski definition) is 0. The lowest BCUT2D eigenvalue weighted by atomic mass is 10.3. The van der Waals surface area contributed by atoms with Crippen LogP contribution in [0.25, 0.3) is 16.9 Å². The molecule has 3 aromatic heterocycles. The molecule has 1 saturated heterocycles. The fourth-order valence-corrected chi connectivity index (χ4v) is 3.39. The molecule has 0 unspecified atom stereocenters. The summed E-state index contributed by atoms with van der Waals surface area (Å²) in [6, 6.07) is 14.1. The summed E-state index contributed by atoms with van der Waals surface area (Å²) in [5, 5.41) is 0. The van der Waals surface area contributed by atoms with Crippen molar-refractivity contribution < 1.29 is 0 Å². The minimum Gasteiger partial charge on any atom is -0.353 e. The van der Waals surface area contributed by atoms with Crippen LogP contribution in [0.1, 0.15) is 0 Å². The average Bonchev–Trinajstić information content (AvgIpc) is 3.29. The van der Waals surface area contributed by atoms with Gasteiger partial charge >= 0.3 is 0 Å². The van der Waals surface area contributed by atoms with E-state index in [4.69, 9.17) is 9.97 Å². The van der Waals surface area contributed by atoms with Gasteiger partial charge in [-0.15, -0.1) is 0 Å². The van der Waals surface area contributed by atoms with Crippen molar-refractivity contribution in [2.45, 2.75) is 0 Å². The Hall–Kier alpha value is -3.48. The van der Waals surface area contributed by atoms with Crippen LogP contribution in [0.15, 0.2) is 67.4 Å². The van der Waals surface area contributed by atoms with Crippen molar-refractivity contribution in [3.63, 3.8) is 0 Å². The summed E-state index contributed by atoms with van der Waals surface area (Å²) in [6.07, 6.45) is 7.30. The van der Waals surface area contributed by atoms with E-state index in [1.54, 1.807) is 12.5 Å². The first-order valence-corrected chi connectivity index (χ1v) is 9.04. The van der Waals surface area contributed by atoms with Gasteiger partial charge in [-0.05, 0) is 24.3 Å². The summed E-state index contributed by atoms with van der Waals surface area (Å²) in [4.78, 5) is 22.8. The summed E-state index contributed by atoms with van der Waals surface area (Å²) in [5.41, 5.74) is 1.87. The van der Waals surface area contributed by atoms with Crippen molar-refractivity contribution >= 4 is 22.7 Å². The molecule has 7 heteroatoms. The molecule has 4 aromatic rings. The first-order chi connectivity index (χ1) is 13.4. The van der Waals surface area contributed by atoms with Gasteiger partial charge in [0.1, 0.15) is 23.8 Å². The number of fused-ring (bicyclic) bond motifs is 1. The van der Waals surface area contributed by atoms with E-state index in [0.29, 0.717) is 0 Å². The van der Waals surface area contributed by atoms with Gasteiger partial charge in [0.25, 0.3) is 0 Å². The topological polar surface area (TPSA) is 63.0 Å². The van der Waals surface area contributed by atoms with Gasteiger partial charge in [-0.3, -0.25) is 9.55 Å². The van der Waals surface area contributed by atoms with E-state index >= 15 is 0 Å². The molecule has 5 rings (SSSR count). The highest BCUT2D eigenvalue weighted by molar-refractivity contribution is 5.75. The van der Waals surface area contributed by atoms with Crippen LogP contribution in [-0.2, 0) is 0 Å². The van der Waals surface area contributed by atoms with Gasteiger partial charge in [0, 0.05) is 38.6 Å². The molecule has 0 radical (unpaired) electrons. The lowest BCUT2D eigenvalue weighted by molar-refractivity contribution is 0.641. The number of piperazine rings is 1. The molecular weight excluding hydrogens is 338 g/mol. The zero-order valence-corrected chi connectivity index (χ0v) is 14.8. The molecule has 1 aromatic carbocycles. The minimum atomic E-state index is 0.882. The molecule has 7 nitrogen and oxygen atoms in total. The standard InChI is InChI=1S/C20H19N7/c1-2-5-17-16(4-1)22-14-20(23-17)26-12-10-25(11-13-26)18-6-3-7-19(24-18)27-9-8-21-15-27/h1-9,14-15H,10-13H2. The molecule has 1 fully saturated rings. The Kier molecular flexibility index (Phi) is 3.90. The molecule has 1 aliphatic rings. The predicted molar refractivity (Wildman–Crippen MR) is 105 cm³/mol. The fourth-order valence-electron chi connectivity index (χ4n) is 3.39. The third-order valence-electron chi connectivity index (χ3n) is 4.85. The van der Waals surface area contributed by atoms with E-state index < -0.39 is 0 Å². The van der Waals surface area contributed by atoms with Gasteiger partial charge in [-0.25, -0.2) is 15.0 Å². The monoisotopic (exact) mass is 357 g/mol. The molecule has 0 N–H and O–H groups in total. The second-order valence-electron chi connectivity index (χ2n) is 6.51. The normalized spacial score (nSPS) is 14.7. The number of anilines is 2. The third kappa shape index (κ3) is 3.08. The fraction of sp³-hybridized carbons (Fsp3) is 0.200. The number of rotatable bonds is 3. The van der Waals surface area contributed by atoms with Crippen LogP contribution in [0.5, 0.6) is 0 Å². The van der Waals surface area contributed by atoms with E-state index in [1.807, 2.05) is 53.4 Å². The highest BCUT2D eigenvalue weighted by Gasteiger charge is 2.20. The summed E-state index contributed by atoms with van der Waals surface area (Å²) in [7, 11) is 0. The Morgan fingerprint density at radius 1 is 0.704 bits per heavy atom. The highest BCUT2D eigenvalue weighted by Crippen LogP contribution is 2.20. The Balaban J connectivity index is 1.32. The van der Waals surface area contributed by atoms with E-state index in [2.05, 4.69) is 25.8 Å². The molecular formula is C20H19N7. The zero-order valence-electron chi connectivity index (χ0n) is 14.8. The molecule has 0 spiro atoms. The van der Waals surface area contributed by atoms with Crippen LogP contribution < -0.4 is 9.80 Å². The van der Waals surface area contributed by atoms with Crippen molar-refractivity contribution in [2.24, 2.45) is 0 Å². The first kappa shape index (κ1) is 15.7. The Morgan fingerprint density at radius 3 is 2.22 bits per heavy atom. The van der Waals surface area contributed by atoms with E-state index in [0.717, 1.165) is 54.7 Å². The number of pyridine rings is 1. The van der Waals surface area contributed by atoms with Crippen LogP contribution in [-0.4, -0.2) is 50.7 Å². The van der Waals surface area contributed by atoms with Gasteiger partial charge < -0.3 is 9.80 Å². The maximum Gasteiger partial charge on any atom is 0.147 e. The van der Waals surface area contributed by atoms with E-state index in [1.165, 1.54) is 0 Å². The third-order valence-corrected chi connectivity index (χ3v) is 4.85. The molecule has 4 heterocycles. The van der Waals surface area contributed by atoms with Crippen molar-refractivity contribution in [3.05, 3.63) is 67.4 Å². The molecule has 0 aliphatic carbocycles. The number of nitrogens with zero attached hydrogens (tertiary/aromatic N) is 7. The van der Waals surface area contributed by atoms with E-state index in [-0.39, 0.29) is 0 Å². The molecule has 0 atom stereocenters. The summed E-state index contributed by atoms with van der Waals surface area (Å²) in [5.74, 6) is 2.81. The zero-order chi connectivity index (χ0) is 18.1. The maximum atomic E-state index is 4.78. The number of hydrogen-bond acceptors (Lipinski definition) is 6. The summed E-state index contributed by atoms with van der Waals surface area (Å²) < 4.78 is 1.92. The molecule has 0 bridgehead atoms. The highest BCUT2D eigenvalue weighted by atomic mass is 15.3. The van der Waals surface area contributed by atoms with Crippen LogP contribution in [0.2, 0.25) is 0 Å². The van der Waals surface area contributed by atoms with Gasteiger partial charge in [0.15, 0.2) is 0 Å². The lowest BCUT2D eigenvalue weighted by Crippen LogP contribution is -2.47. The molecule has 134 valence electrons. The van der Waals surface area contributed by atoms with Crippen LogP contribution in [0.4, 0.5) is 11.6 Å². The SMILES string of the molecule is c1cc(N2CCN(c3cnc4ccccc4n3)CC2)nc(-n2ccnc2)c1. The van der Waals surface area contributed by atoms with Gasteiger partial charge in [-0.1, -0.05) is 18.2 Å². The van der Waals surface area contributed by atoms with Crippen LogP contribution in [0, 0.1) is 0 Å². The van der Waals surface area contributed by atoms with Crippen molar-refractivity contribution in [2.75, 3.05) is 36.0 Å². The van der Waals surface area contributed by atoms with Crippen molar-refractivity contribution in [3.8, 4) is 5.82 Å². The Labute approximate surface area is 156 Å². The maximum absolute atomic E-state index is 4.78. The van der Waals surface area contributed by atoms with Crippen molar-refractivity contribution in [1.82, 2.24) is 24.5 Å².